The molecule has 1 unspecified atom stereocenters. The highest BCUT2D eigenvalue weighted by Crippen LogP contribution is 2.05. The molecule has 0 aliphatic carbocycles. The molecule has 0 aliphatic rings. The Bertz CT molecular complexity index is 396. The van der Waals surface area contributed by atoms with E-state index in [0.29, 0.717) is 25.6 Å². The first kappa shape index (κ1) is 21.2. The summed E-state index contributed by atoms with van der Waals surface area (Å²) < 4.78 is 24.4. The summed E-state index contributed by atoms with van der Waals surface area (Å²) in [5.74, 6) is 0.810. The van der Waals surface area contributed by atoms with Gasteiger partial charge in [0, 0.05) is 25.7 Å². The molecule has 0 aliphatic heterocycles. The van der Waals surface area contributed by atoms with Gasteiger partial charge in [0.15, 0.2) is 5.96 Å². The van der Waals surface area contributed by atoms with Gasteiger partial charge < -0.3 is 10.6 Å². The average Bonchev–Trinajstić information content (AvgIpc) is 2.42. The van der Waals surface area contributed by atoms with Gasteiger partial charge in [0.2, 0.25) is 10.0 Å². The van der Waals surface area contributed by atoms with Crippen molar-refractivity contribution in [3.8, 4) is 0 Å². The summed E-state index contributed by atoms with van der Waals surface area (Å²) >= 11 is 0. The van der Waals surface area contributed by atoms with E-state index in [2.05, 4.69) is 34.2 Å². The van der Waals surface area contributed by atoms with E-state index in [4.69, 9.17) is 0 Å². The van der Waals surface area contributed by atoms with E-state index in [1.165, 1.54) is 31.9 Å². The Hall–Kier alpha value is -0.820. The standard InChI is InChI=1S/C15H34N4O2S/c1-5-7-8-9-11-14(3)19-15(16-6-2)17-12-10-13-18-22(4,20)21/h14,18H,5-13H2,1-4H3,(H2,16,17,19). The quantitative estimate of drug-likeness (QED) is 0.289. The molecule has 132 valence electrons. The van der Waals surface area contributed by atoms with Crippen molar-refractivity contribution in [2.24, 2.45) is 4.99 Å². The molecule has 0 rings (SSSR count). The first-order chi connectivity index (χ1) is 10.4. The highest BCUT2D eigenvalue weighted by molar-refractivity contribution is 7.88. The number of hydrogen-bond donors (Lipinski definition) is 3. The molecule has 22 heavy (non-hydrogen) atoms. The zero-order chi connectivity index (χ0) is 16.8. The predicted octanol–water partition coefficient (Wildman–Crippen LogP) is 1.84. The number of unbranched alkanes of at least 4 members (excludes halogenated alkanes) is 3. The van der Waals surface area contributed by atoms with Crippen LogP contribution in [0.4, 0.5) is 0 Å². The van der Waals surface area contributed by atoms with Gasteiger partial charge in [-0.2, -0.15) is 0 Å². The molecule has 0 fully saturated rings. The van der Waals surface area contributed by atoms with Crippen LogP contribution in [-0.2, 0) is 10.0 Å². The number of aliphatic imine (C=N–C) groups is 1. The first-order valence-corrected chi connectivity index (χ1v) is 10.3. The van der Waals surface area contributed by atoms with E-state index in [-0.39, 0.29) is 0 Å². The SMILES string of the molecule is CCCCCCC(C)NC(=NCCCNS(C)(=O)=O)NCC. The predicted molar refractivity (Wildman–Crippen MR) is 94.8 cm³/mol. The maximum atomic E-state index is 11.0. The monoisotopic (exact) mass is 334 g/mol. The van der Waals surface area contributed by atoms with Crippen molar-refractivity contribution in [3.05, 3.63) is 0 Å². The summed E-state index contributed by atoms with van der Waals surface area (Å²) in [5.41, 5.74) is 0. The molecule has 7 heteroatoms. The van der Waals surface area contributed by atoms with Crippen molar-refractivity contribution in [3.63, 3.8) is 0 Å². The molecular weight excluding hydrogens is 300 g/mol. The molecule has 0 aromatic heterocycles. The van der Waals surface area contributed by atoms with Gasteiger partial charge in [-0.05, 0) is 26.7 Å². The number of hydrogen-bond acceptors (Lipinski definition) is 3. The highest BCUT2D eigenvalue weighted by atomic mass is 32.2. The minimum absolute atomic E-state index is 0.392. The molecule has 0 aromatic carbocycles. The zero-order valence-electron chi connectivity index (χ0n) is 14.6. The Labute approximate surface area is 136 Å². The van der Waals surface area contributed by atoms with Crippen LogP contribution in [0.1, 0.15) is 59.3 Å². The maximum Gasteiger partial charge on any atom is 0.208 e. The van der Waals surface area contributed by atoms with Crippen LogP contribution in [0, 0.1) is 0 Å². The molecule has 0 saturated carbocycles. The van der Waals surface area contributed by atoms with Crippen LogP contribution in [0.2, 0.25) is 0 Å². The maximum absolute atomic E-state index is 11.0. The number of sulfonamides is 1. The van der Waals surface area contributed by atoms with Gasteiger partial charge in [-0.1, -0.05) is 32.6 Å². The molecule has 0 aromatic rings. The summed E-state index contributed by atoms with van der Waals surface area (Å²) in [6.45, 7) is 8.26. The van der Waals surface area contributed by atoms with Gasteiger partial charge in [-0.15, -0.1) is 0 Å². The lowest BCUT2D eigenvalue weighted by Crippen LogP contribution is -2.42. The van der Waals surface area contributed by atoms with Gasteiger partial charge in [0.1, 0.15) is 0 Å². The normalized spacial score (nSPS) is 13.9. The van der Waals surface area contributed by atoms with Crippen LogP contribution >= 0.6 is 0 Å². The average molecular weight is 335 g/mol. The Morgan fingerprint density at radius 3 is 2.45 bits per heavy atom. The van der Waals surface area contributed by atoms with Crippen LogP contribution in [0.15, 0.2) is 4.99 Å². The van der Waals surface area contributed by atoms with Crippen molar-refractivity contribution in [1.29, 1.82) is 0 Å². The van der Waals surface area contributed by atoms with Gasteiger partial charge >= 0.3 is 0 Å². The van der Waals surface area contributed by atoms with E-state index in [9.17, 15) is 8.42 Å². The van der Waals surface area contributed by atoms with E-state index in [0.717, 1.165) is 18.9 Å². The number of nitrogens with one attached hydrogen (secondary N) is 3. The molecule has 6 nitrogen and oxygen atoms in total. The molecule has 0 radical (unpaired) electrons. The smallest absolute Gasteiger partial charge is 0.208 e. The third kappa shape index (κ3) is 14.1. The highest BCUT2D eigenvalue weighted by Gasteiger charge is 2.05. The fourth-order valence-electron chi connectivity index (χ4n) is 2.03. The Morgan fingerprint density at radius 1 is 1.14 bits per heavy atom. The van der Waals surface area contributed by atoms with E-state index in [1.807, 2.05) is 6.92 Å². The summed E-state index contributed by atoms with van der Waals surface area (Å²) in [7, 11) is -3.10. The number of guanidine groups is 1. The number of rotatable bonds is 12. The van der Waals surface area contributed by atoms with Crippen LogP contribution in [0.5, 0.6) is 0 Å². The topological polar surface area (TPSA) is 82.6 Å². The molecular formula is C15H34N4O2S. The first-order valence-electron chi connectivity index (χ1n) is 8.38. The summed E-state index contributed by atoms with van der Waals surface area (Å²) in [4.78, 5) is 4.48. The lowest BCUT2D eigenvalue weighted by molar-refractivity contribution is 0.537. The van der Waals surface area contributed by atoms with Gasteiger partial charge in [-0.3, -0.25) is 4.99 Å². The second-order valence-corrected chi connectivity index (χ2v) is 7.51. The van der Waals surface area contributed by atoms with E-state index in [1.54, 1.807) is 0 Å². The fourth-order valence-corrected chi connectivity index (χ4v) is 2.55. The third-order valence-corrected chi connectivity index (χ3v) is 3.92. The second-order valence-electron chi connectivity index (χ2n) is 5.68. The molecule has 0 amide bonds. The second kappa shape index (κ2) is 12.7. The molecule has 0 heterocycles. The minimum Gasteiger partial charge on any atom is -0.357 e. The molecule has 1 atom stereocenters. The largest absolute Gasteiger partial charge is 0.357 e. The number of nitrogens with zero attached hydrogens (tertiary/aromatic N) is 1. The molecule has 0 spiro atoms. The Morgan fingerprint density at radius 2 is 1.86 bits per heavy atom. The lowest BCUT2D eigenvalue weighted by Gasteiger charge is -2.17. The van der Waals surface area contributed by atoms with Crippen LogP contribution in [0.3, 0.4) is 0 Å². The summed E-state index contributed by atoms with van der Waals surface area (Å²) in [5, 5.41) is 6.62. The van der Waals surface area contributed by atoms with Crippen molar-refractivity contribution in [1.82, 2.24) is 15.4 Å². The fraction of sp³-hybridized carbons (Fsp3) is 0.933. The summed E-state index contributed by atoms with van der Waals surface area (Å²) in [6, 6.07) is 0.392. The lowest BCUT2D eigenvalue weighted by atomic mass is 10.1. The van der Waals surface area contributed by atoms with Crippen LogP contribution in [0.25, 0.3) is 0 Å². The Kier molecular flexibility index (Phi) is 12.2. The van der Waals surface area contributed by atoms with Gasteiger partial charge in [0.25, 0.3) is 0 Å². The molecule has 3 N–H and O–H groups in total. The van der Waals surface area contributed by atoms with E-state index >= 15 is 0 Å². The van der Waals surface area contributed by atoms with Crippen molar-refractivity contribution in [2.45, 2.75) is 65.3 Å². The molecule has 0 bridgehead atoms. The van der Waals surface area contributed by atoms with Crippen LogP contribution in [-0.4, -0.2) is 46.3 Å². The van der Waals surface area contributed by atoms with Gasteiger partial charge in [0.05, 0.1) is 6.26 Å². The minimum atomic E-state index is -3.10. The van der Waals surface area contributed by atoms with Crippen molar-refractivity contribution < 1.29 is 8.42 Å². The zero-order valence-corrected chi connectivity index (χ0v) is 15.4. The van der Waals surface area contributed by atoms with Crippen LogP contribution < -0.4 is 15.4 Å². The van der Waals surface area contributed by atoms with Gasteiger partial charge in [-0.25, -0.2) is 13.1 Å². The van der Waals surface area contributed by atoms with Crippen molar-refractivity contribution >= 4 is 16.0 Å². The van der Waals surface area contributed by atoms with Crippen molar-refractivity contribution in [2.75, 3.05) is 25.9 Å². The van der Waals surface area contributed by atoms with E-state index < -0.39 is 10.0 Å². The molecule has 0 saturated heterocycles. The third-order valence-electron chi connectivity index (χ3n) is 3.19. The summed E-state index contributed by atoms with van der Waals surface area (Å²) in [6.07, 6.45) is 8.07. The Balaban J connectivity index is 4.03.